The summed E-state index contributed by atoms with van der Waals surface area (Å²) in [6.45, 7) is 0. The van der Waals surface area contributed by atoms with Crippen molar-refractivity contribution in [2.75, 3.05) is 0 Å². The van der Waals surface area contributed by atoms with Gasteiger partial charge in [-0.1, -0.05) is 95.3 Å². The second-order valence-corrected chi connectivity index (χ2v) is 12.4. The molecule has 0 fully saturated rings. The van der Waals surface area contributed by atoms with Crippen LogP contribution in [0.15, 0.2) is 105 Å². The molecule has 10 heteroatoms. The second kappa shape index (κ2) is 11.5. The first kappa shape index (κ1) is 28.0. The van der Waals surface area contributed by atoms with E-state index in [1.54, 1.807) is 36.4 Å². The molecule has 2 aliphatic rings. The van der Waals surface area contributed by atoms with Gasteiger partial charge < -0.3 is 13.9 Å². The monoisotopic (exact) mass is 604 g/mol. The van der Waals surface area contributed by atoms with Gasteiger partial charge in [0, 0.05) is 51.9 Å². The van der Waals surface area contributed by atoms with E-state index in [0.717, 1.165) is 19.6 Å². The minimum absolute atomic E-state index is 0. The van der Waals surface area contributed by atoms with Crippen molar-refractivity contribution in [1.29, 1.82) is 0 Å². The molecule has 38 heavy (non-hydrogen) atoms. The van der Waals surface area contributed by atoms with Crippen LogP contribution in [0.4, 0.5) is 0 Å². The number of fused-ring (bicyclic) bond motifs is 4. The Morgan fingerprint density at radius 1 is 0.605 bits per heavy atom. The summed E-state index contributed by atoms with van der Waals surface area (Å²) in [7, 11) is -4.92. The molecule has 4 aromatic carbocycles. The molecular formula is C28H16Cl2NaO4PS2. The Hall–Kier alpha value is -1.57. The predicted molar refractivity (Wildman–Crippen MR) is 150 cm³/mol. The van der Waals surface area contributed by atoms with Gasteiger partial charge >= 0.3 is 37.4 Å². The minimum Gasteiger partial charge on any atom is -0.736 e. The van der Waals surface area contributed by atoms with Gasteiger partial charge in [-0.2, -0.15) is 0 Å². The fourth-order valence-electron chi connectivity index (χ4n) is 4.08. The molecule has 0 spiro atoms. The summed E-state index contributed by atoms with van der Waals surface area (Å²) in [5.41, 5.74) is 2.60. The fraction of sp³-hybridized carbons (Fsp3) is 0. The average Bonchev–Trinajstić information content (AvgIpc) is 3.13. The Morgan fingerprint density at radius 3 is 1.45 bits per heavy atom. The van der Waals surface area contributed by atoms with Crippen LogP contribution >= 0.6 is 54.5 Å². The van der Waals surface area contributed by atoms with Crippen molar-refractivity contribution >= 4 is 78.2 Å². The topological polar surface area (TPSA) is 58.6 Å². The van der Waals surface area contributed by atoms with Gasteiger partial charge in [-0.25, -0.2) is 4.57 Å². The van der Waals surface area contributed by atoms with Crippen LogP contribution in [0.1, 0.15) is 22.3 Å². The first-order valence-corrected chi connectivity index (χ1v) is 15.0. The number of rotatable bonds is 4. The summed E-state index contributed by atoms with van der Waals surface area (Å²) in [6, 6.07) is 25.9. The van der Waals surface area contributed by atoms with E-state index in [1.807, 2.05) is 60.7 Å². The van der Waals surface area contributed by atoms with Crippen LogP contribution in [-0.4, -0.2) is 0 Å². The largest absolute Gasteiger partial charge is 1.00 e. The number of hydrogen-bond donors (Lipinski definition) is 0. The molecule has 0 aromatic heterocycles. The zero-order chi connectivity index (χ0) is 25.6. The Morgan fingerprint density at radius 2 is 1.00 bits per heavy atom. The molecule has 0 N–H and O–H groups in total. The van der Waals surface area contributed by atoms with E-state index in [2.05, 4.69) is 0 Å². The molecule has 0 aliphatic carbocycles. The maximum absolute atomic E-state index is 13.4. The first-order chi connectivity index (χ1) is 17.9. The second-order valence-electron chi connectivity index (χ2n) is 8.15. The average molecular weight is 605 g/mol. The Labute approximate surface area is 261 Å². The smallest absolute Gasteiger partial charge is 0.736 e. The third-order valence-electron chi connectivity index (χ3n) is 5.74. The summed E-state index contributed by atoms with van der Waals surface area (Å²) in [6.07, 6.45) is 3.28. The molecule has 0 amide bonds. The molecule has 4 nitrogen and oxygen atoms in total. The van der Waals surface area contributed by atoms with Gasteiger partial charge in [0.2, 0.25) is 0 Å². The molecule has 2 aliphatic heterocycles. The maximum Gasteiger partial charge on any atom is 1.00 e. The SMILES string of the molecule is O=P([O-])(OC1=Cc2c(Cl)cccc2Sc2ccccc21)OC1=Cc2c(Cl)cccc2Sc2ccccc21.[Na+]. The Balaban J connectivity index is 0.00000294. The normalized spacial score (nSPS) is 13.7. The van der Waals surface area contributed by atoms with Crippen LogP contribution < -0.4 is 34.5 Å². The number of hydrogen-bond acceptors (Lipinski definition) is 6. The maximum atomic E-state index is 13.4. The van der Waals surface area contributed by atoms with Crippen LogP contribution in [0.3, 0.4) is 0 Å². The van der Waals surface area contributed by atoms with Crippen molar-refractivity contribution in [2.24, 2.45) is 0 Å². The standard InChI is InChI=1S/C28H17Cl2O4PS2.Na/c29-21-9-5-13-27-19(21)15-23(17-7-1-3-11-25(17)36-27)33-35(31,32)34-24-16-20-22(30)10-6-14-28(20)37-26-12-4-2-8-18(24)26;/h1-16H,(H,31,32);/q;+1/p-1. The van der Waals surface area contributed by atoms with Gasteiger partial charge in [-0.3, -0.25) is 0 Å². The van der Waals surface area contributed by atoms with E-state index in [-0.39, 0.29) is 41.1 Å². The molecule has 2 heterocycles. The molecule has 0 atom stereocenters. The Kier molecular flexibility index (Phi) is 8.47. The van der Waals surface area contributed by atoms with Crippen LogP contribution in [0.2, 0.25) is 10.0 Å². The van der Waals surface area contributed by atoms with Crippen molar-refractivity contribution in [3.8, 4) is 0 Å². The molecule has 184 valence electrons. The van der Waals surface area contributed by atoms with E-state index < -0.39 is 7.82 Å². The van der Waals surface area contributed by atoms with E-state index in [9.17, 15) is 9.46 Å². The van der Waals surface area contributed by atoms with E-state index >= 15 is 0 Å². The van der Waals surface area contributed by atoms with Crippen LogP contribution in [0.25, 0.3) is 23.7 Å². The summed E-state index contributed by atoms with van der Waals surface area (Å²) < 4.78 is 24.7. The summed E-state index contributed by atoms with van der Waals surface area (Å²) in [5, 5.41) is 0.980. The van der Waals surface area contributed by atoms with Crippen LogP contribution in [0, 0.1) is 0 Å². The molecule has 0 unspecified atom stereocenters. The third kappa shape index (κ3) is 5.66. The molecule has 6 rings (SSSR count). The van der Waals surface area contributed by atoms with E-state index in [4.69, 9.17) is 32.2 Å². The van der Waals surface area contributed by atoms with Crippen LogP contribution in [-0.2, 0) is 13.6 Å². The third-order valence-corrected chi connectivity index (χ3v) is 9.55. The molecule has 0 bridgehead atoms. The van der Waals surface area contributed by atoms with Gasteiger partial charge in [0.15, 0.2) is 0 Å². The van der Waals surface area contributed by atoms with Crippen molar-refractivity contribution in [3.05, 3.63) is 117 Å². The van der Waals surface area contributed by atoms with Crippen molar-refractivity contribution in [1.82, 2.24) is 0 Å². The van der Waals surface area contributed by atoms with Gasteiger partial charge in [-0.05, 0) is 48.6 Å². The number of halogens is 2. The fourth-order valence-corrected chi connectivity index (χ4v) is 7.64. The van der Waals surface area contributed by atoms with Gasteiger partial charge in [0.25, 0.3) is 0 Å². The van der Waals surface area contributed by atoms with E-state index in [1.165, 1.54) is 23.5 Å². The summed E-state index contributed by atoms with van der Waals surface area (Å²) >= 11 is 15.9. The molecular weight excluding hydrogens is 589 g/mol. The van der Waals surface area contributed by atoms with Gasteiger partial charge in [-0.15, -0.1) is 0 Å². The van der Waals surface area contributed by atoms with Crippen molar-refractivity contribution < 1.29 is 48.1 Å². The quantitative estimate of drug-likeness (QED) is 0.206. The molecule has 0 saturated heterocycles. The number of phosphoric ester groups is 1. The number of benzene rings is 4. The molecule has 4 aromatic rings. The van der Waals surface area contributed by atoms with E-state index in [0.29, 0.717) is 32.3 Å². The van der Waals surface area contributed by atoms with Crippen molar-refractivity contribution in [3.63, 3.8) is 0 Å². The zero-order valence-corrected chi connectivity index (χ0v) is 25.9. The van der Waals surface area contributed by atoms with Gasteiger partial charge in [0.05, 0.1) is 0 Å². The van der Waals surface area contributed by atoms with Gasteiger partial charge in [0.1, 0.15) is 11.5 Å². The number of phosphoric acid groups is 1. The summed E-state index contributed by atoms with van der Waals surface area (Å²) in [5.74, 6) is 0.257. The first-order valence-electron chi connectivity index (χ1n) is 11.1. The minimum atomic E-state index is -4.92. The van der Waals surface area contributed by atoms with Crippen molar-refractivity contribution in [2.45, 2.75) is 19.6 Å². The zero-order valence-electron chi connectivity index (χ0n) is 19.9. The predicted octanol–water partition coefficient (Wildman–Crippen LogP) is 6.12. The molecule has 0 saturated carbocycles. The van der Waals surface area contributed by atoms with Crippen LogP contribution in [0.5, 0.6) is 0 Å². The molecule has 0 radical (unpaired) electrons. The summed E-state index contributed by atoms with van der Waals surface area (Å²) in [4.78, 5) is 16.9. The Bertz CT molecular complexity index is 1560.